The van der Waals surface area contributed by atoms with Crippen LogP contribution in [0.15, 0.2) is 66.7 Å². The molecule has 0 bridgehead atoms. The number of hydrogen-bond acceptors (Lipinski definition) is 6. The fraction of sp³-hybridized carbons (Fsp3) is 0.192. The molecule has 5 N–H and O–H groups in total. The summed E-state index contributed by atoms with van der Waals surface area (Å²) in [6.07, 6.45) is 1.04. The molecule has 0 heterocycles. The SMILES string of the molecule is N[C@@H](Cc1ccc(O)cc1)C(=O)NCCCNc1ccc2c(c1)C(=O)c1ccccc1C2=O. The average molecular weight is 444 g/mol. The van der Waals surface area contributed by atoms with Gasteiger partial charge in [0.05, 0.1) is 6.04 Å². The van der Waals surface area contributed by atoms with Crippen LogP contribution in [-0.2, 0) is 11.2 Å². The molecule has 0 radical (unpaired) electrons. The number of nitrogens with one attached hydrogen (secondary N) is 2. The van der Waals surface area contributed by atoms with Crippen LogP contribution in [0.4, 0.5) is 5.69 Å². The third kappa shape index (κ3) is 4.94. The molecule has 7 heteroatoms. The normalized spacial score (nSPS) is 13.1. The van der Waals surface area contributed by atoms with E-state index in [1.165, 1.54) is 0 Å². The smallest absolute Gasteiger partial charge is 0.237 e. The first-order valence-electron chi connectivity index (χ1n) is 10.8. The molecule has 0 aliphatic heterocycles. The fourth-order valence-corrected chi connectivity index (χ4v) is 3.85. The maximum atomic E-state index is 12.8. The van der Waals surface area contributed by atoms with Crippen molar-refractivity contribution in [2.24, 2.45) is 5.73 Å². The Hall–Kier alpha value is -3.97. The van der Waals surface area contributed by atoms with Gasteiger partial charge in [0.15, 0.2) is 11.6 Å². The zero-order valence-corrected chi connectivity index (χ0v) is 18.0. The van der Waals surface area contributed by atoms with Crippen LogP contribution in [0.25, 0.3) is 0 Å². The van der Waals surface area contributed by atoms with Crippen molar-refractivity contribution in [2.45, 2.75) is 18.9 Å². The van der Waals surface area contributed by atoms with Gasteiger partial charge in [0, 0.05) is 41.0 Å². The molecule has 3 aromatic rings. The summed E-state index contributed by atoms with van der Waals surface area (Å²) < 4.78 is 0. The van der Waals surface area contributed by atoms with E-state index in [0.29, 0.717) is 48.2 Å². The van der Waals surface area contributed by atoms with E-state index >= 15 is 0 Å². The lowest BCUT2D eigenvalue weighted by Crippen LogP contribution is -2.42. The third-order valence-corrected chi connectivity index (χ3v) is 5.64. The molecule has 4 rings (SSSR count). The number of carbonyl (C=O) groups excluding carboxylic acids is 3. The maximum absolute atomic E-state index is 12.8. The van der Waals surface area contributed by atoms with Crippen molar-refractivity contribution in [2.75, 3.05) is 18.4 Å². The van der Waals surface area contributed by atoms with Gasteiger partial charge in [0.2, 0.25) is 5.91 Å². The quantitative estimate of drug-likeness (QED) is 0.311. The molecule has 0 fully saturated rings. The first kappa shape index (κ1) is 22.2. The van der Waals surface area contributed by atoms with E-state index in [1.807, 2.05) is 0 Å². The summed E-state index contributed by atoms with van der Waals surface area (Å²) in [6.45, 7) is 1.02. The zero-order chi connectivity index (χ0) is 23.4. The minimum atomic E-state index is -0.672. The number of rotatable bonds is 8. The van der Waals surface area contributed by atoms with Gasteiger partial charge in [-0.3, -0.25) is 14.4 Å². The Morgan fingerprint density at radius 2 is 1.48 bits per heavy atom. The van der Waals surface area contributed by atoms with Gasteiger partial charge < -0.3 is 21.5 Å². The van der Waals surface area contributed by atoms with Crippen LogP contribution in [0.2, 0.25) is 0 Å². The number of carbonyl (C=O) groups is 3. The van der Waals surface area contributed by atoms with Crippen LogP contribution < -0.4 is 16.4 Å². The second-order valence-electron chi connectivity index (χ2n) is 8.01. The highest BCUT2D eigenvalue weighted by Gasteiger charge is 2.29. The minimum Gasteiger partial charge on any atom is -0.508 e. The molecule has 0 saturated heterocycles. The molecule has 33 heavy (non-hydrogen) atoms. The molecule has 0 spiro atoms. The van der Waals surface area contributed by atoms with E-state index < -0.39 is 6.04 Å². The van der Waals surface area contributed by atoms with Crippen molar-refractivity contribution in [3.05, 3.63) is 94.5 Å². The fourth-order valence-electron chi connectivity index (χ4n) is 3.85. The van der Waals surface area contributed by atoms with Crippen LogP contribution in [0, 0.1) is 0 Å². The van der Waals surface area contributed by atoms with Crippen molar-refractivity contribution >= 4 is 23.2 Å². The number of amides is 1. The van der Waals surface area contributed by atoms with Crippen LogP contribution in [0.3, 0.4) is 0 Å². The highest BCUT2D eigenvalue weighted by atomic mass is 16.3. The minimum absolute atomic E-state index is 0.141. The van der Waals surface area contributed by atoms with Gasteiger partial charge in [-0.25, -0.2) is 0 Å². The molecule has 7 nitrogen and oxygen atoms in total. The highest BCUT2D eigenvalue weighted by Crippen LogP contribution is 2.29. The van der Waals surface area contributed by atoms with E-state index in [1.54, 1.807) is 66.7 Å². The van der Waals surface area contributed by atoms with E-state index in [-0.39, 0.29) is 23.2 Å². The van der Waals surface area contributed by atoms with Crippen molar-refractivity contribution in [3.8, 4) is 5.75 Å². The monoisotopic (exact) mass is 443 g/mol. The first-order chi connectivity index (χ1) is 15.9. The van der Waals surface area contributed by atoms with Gasteiger partial charge in [0.1, 0.15) is 5.75 Å². The molecule has 168 valence electrons. The van der Waals surface area contributed by atoms with Crippen molar-refractivity contribution < 1.29 is 19.5 Å². The van der Waals surface area contributed by atoms with Gasteiger partial charge in [-0.2, -0.15) is 0 Å². The van der Waals surface area contributed by atoms with E-state index in [4.69, 9.17) is 5.73 Å². The van der Waals surface area contributed by atoms with Gasteiger partial charge in [-0.15, -0.1) is 0 Å². The summed E-state index contributed by atoms with van der Waals surface area (Å²) in [5.41, 5.74) is 9.27. The number of anilines is 1. The summed E-state index contributed by atoms with van der Waals surface area (Å²) in [6, 6.07) is 18.0. The molecule has 1 aliphatic rings. The largest absolute Gasteiger partial charge is 0.508 e. The van der Waals surface area contributed by atoms with Gasteiger partial charge in [-0.05, 0) is 48.7 Å². The van der Waals surface area contributed by atoms with Crippen molar-refractivity contribution in [1.29, 1.82) is 0 Å². The Balaban J connectivity index is 1.26. The summed E-state index contributed by atoms with van der Waals surface area (Å²) in [7, 11) is 0. The molecule has 0 saturated carbocycles. The molecular formula is C26H25N3O4. The maximum Gasteiger partial charge on any atom is 0.237 e. The molecule has 3 aromatic carbocycles. The molecule has 0 unspecified atom stereocenters. The number of ketones is 2. The average Bonchev–Trinajstić information content (AvgIpc) is 2.83. The summed E-state index contributed by atoms with van der Waals surface area (Å²) >= 11 is 0. The van der Waals surface area contributed by atoms with Crippen LogP contribution in [0.5, 0.6) is 5.75 Å². The molecule has 0 aromatic heterocycles. The Morgan fingerprint density at radius 3 is 2.18 bits per heavy atom. The number of aromatic hydroxyl groups is 1. The summed E-state index contributed by atoms with van der Waals surface area (Å²) in [4.78, 5) is 37.7. The van der Waals surface area contributed by atoms with E-state index in [0.717, 1.165) is 11.3 Å². The van der Waals surface area contributed by atoms with Crippen LogP contribution >= 0.6 is 0 Å². The number of hydrogen-bond donors (Lipinski definition) is 4. The number of nitrogens with two attached hydrogens (primary N) is 1. The van der Waals surface area contributed by atoms with Gasteiger partial charge in [-0.1, -0.05) is 36.4 Å². The lowest BCUT2D eigenvalue weighted by atomic mass is 9.84. The lowest BCUT2D eigenvalue weighted by Gasteiger charge is -2.18. The highest BCUT2D eigenvalue weighted by molar-refractivity contribution is 6.28. The first-order valence-corrected chi connectivity index (χ1v) is 10.8. The Bertz CT molecular complexity index is 1200. The summed E-state index contributed by atoms with van der Waals surface area (Å²) in [5.74, 6) is -0.361. The number of phenolic OH excluding ortho intramolecular Hbond substituents is 1. The standard InChI is InChI=1S/C26H25N3O4/c27-23(14-16-6-9-18(30)10-7-16)26(33)29-13-3-12-28-17-8-11-21-22(15-17)25(32)20-5-2-1-4-19(20)24(21)31/h1-2,4-11,15,23,28,30H,3,12-14,27H2,(H,29,33)/t23-/m0/s1. The lowest BCUT2D eigenvalue weighted by molar-refractivity contribution is -0.122. The predicted octanol–water partition coefficient (Wildman–Crippen LogP) is 2.66. The zero-order valence-electron chi connectivity index (χ0n) is 18.0. The topological polar surface area (TPSA) is 122 Å². The number of phenols is 1. The van der Waals surface area contributed by atoms with E-state index in [9.17, 15) is 19.5 Å². The Kier molecular flexibility index (Phi) is 6.51. The molecule has 1 aliphatic carbocycles. The van der Waals surface area contributed by atoms with Gasteiger partial charge in [0.25, 0.3) is 0 Å². The number of fused-ring (bicyclic) bond motifs is 2. The Labute approximate surface area is 191 Å². The number of benzene rings is 3. The summed E-state index contributed by atoms with van der Waals surface area (Å²) in [5, 5.41) is 15.4. The van der Waals surface area contributed by atoms with E-state index in [2.05, 4.69) is 10.6 Å². The predicted molar refractivity (Wildman–Crippen MR) is 126 cm³/mol. The molecule has 1 amide bonds. The molecular weight excluding hydrogens is 418 g/mol. The molecule has 1 atom stereocenters. The second kappa shape index (κ2) is 9.67. The Morgan fingerprint density at radius 1 is 0.848 bits per heavy atom. The van der Waals surface area contributed by atoms with Crippen LogP contribution in [-0.4, -0.2) is 41.7 Å². The van der Waals surface area contributed by atoms with Crippen molar-refractivity contribution in [1.82, 2.24) is 5.32 Å². The third-order valence-electron chi connectivity index (χ3n) is 5.64. The van der Waals surface area contributed by atoms with Crippen LogP contribution in [0.1, 0.15) is 43.8 Å². The van der Waals surface area contributed by atoms with Gasteiger partial charge >= 0.3 is 0 Å². The van der Waals surface area contributed by atoms with Crippen molar-refractivity contribution in [3.63, 3.8) is 0 Å². The second-order valence-corrected chi connectivity index (χ2v) is 8.01.